The lowest BCUT2D eigenvalue weighted by Gasteiger charge is -2.26. The molecule has 0 amide bonds. The van der Waals surface area contributed by atoms with Gasteiger partial charge >= 0.3 is 5.97 Å². The van der Waals surface area contributed by atoms with Crippen LogP contribution < -0.4 is 0 Å². The highest BCUT2D eigenvalue weighted by molar-refractivity contribution is 7.12. The molecule has 0 aliphatic heterocycles. The highest BCUT2D eigenvalue weighted by Crippen LogP contribution is 2.51. The number of carbonyl (C=O) groups is 1. The fourth-order valence-electron chi connectivity index (χ4n) is 3.64. The van der Waals surface area contributed by atoms with Gasteiger partial charge in [0.05, 0.1) is 28.5 Å². The molecule has 0 bridgehead atoms. The van der Waals surface area contributed by atoms with Crippen molar-refractivity contribution in [3.63, 3.8) is 0 Å². The van der Waals surface area contributed by atoms with Gasteiger partial charge in [0.2, 0.25) is 0 Å². The van der Waals surface area contributed by atoms with Crippen LogP contribution in [0.5, 0.6) is 0 Å². The van der Waals surface area contributed by atoms with Crippen LogP contribution in [0.3, 0.4) is 0 Å². The SMILES string of the molecule is Cc1nn(-c2cncs2)c(-c2ccc(Cl)cc2)c1C(C)(C(=O)O)C1CC1. The van der Waals surface area contributed by atoms with E-state index in [1.807, 2.05) is 42.8 Å². The summed E-state index contributed by atoms with van der Waals surface area (Å²) in [5.41, 5.74) is 3.99. The summed E-state index contributed by atoms with van der Waals surface area (Å²) in [6.07, 6.45) is 3.59. The van der Waals surface area contributed by atoms with Gasteiger partial charge < -0.3 is 5.11 Å². The van der Waals surface area contributed by atoms with Crippen molar-refractivity contribution in [3.05, 3.63) is 52.3 Å². The number of nitrogens with zero attached hydrogens (tertiary/aromatic N) is 3. The minimum Gasteiger partial charge on any atom is -0.481 e. The third-order valence-corrected chi connectivity index (χ3v) is 6.16. The zero-order valence-corrected chi connectivity index (χ0v) is 16.0. The van der Waals surface area contributed by atoms with Crippen molar-refractivity contribution in [2.45, 2.75) is 32.1 Å². The number of carboxylic acids is 1. The third kappa shape index (κ3) is 2.64. The Kier molecular flexibility index (Phi) is 4.12. The second-order valence-corrected chi connectivity index (χ2v) is 8.15. The number of aromatic nitrogens is 3. The van der Waals surface area contributed by atoms with Crippen LogP contribution in [0.25, 0.3) is 16.3 Å². The molecular weight excluding hydrogens is 370 g/mol. The van der Waals surface area contributed by atoms with E-state index in [0.29, 0.717) is 5.02 Å². The quantitative estimate of drug-likeness (QED) is 0.688. The number of halogens is 1. The number of aliphatic carboxylic acids is 1. The van der Waals surface area contributed by atoms with E-state index >= 15 is 0 Å². The topological polar surface area (TPSA) is 68.0 Å². The molecule has 1 aliphatic carbocycles. The first-order chi connectivity index (χ1) is 12.4. The normalized spacial score (nSPS) is 16.4. The van der Waals surface area contributed by atoms with Gasteiger partial charge in [0.25, 0.3) is 0 Å². The average molecular weight is 388 g/mol. The van der Waals surface area contributed by atoms with Crippen LogP contribution in [-0.2, 0) is 10.2 Å². The Morgan fingerprint density at radius 1 is 1.35 bits per heavy atom. The predicted molar refractivity (Wildman–Crippen MR) is 102 cm³/mol. The summed E-state index contributed by atoms with van der Waals surface area (Å²) in [4.78, 5) is 16.5. The van der Waals surface area contributed by atoms with Gasteiger partial charge in [-0.2, -0.15) is 5.10 Å². The molecule has 0 spiro atoms. The Hall–Kier alpha value is -2.18. The average Bonchev–Trinajstić information content (AvgIpc) is 3.21. The molecule has 1 aromatic carbocycles. The van der Waals surface area contributed by atoms with E-state index in [9.17, 15) is 9.90 Å². The number of aryl methyl sites for hydroxylation is 1. The molecule has 1 unspecified atom stereocenters. The zero-order valence-electron chi connectivity index (χ0n) is 14.4. The first-order valence-electron chi connectivity index (χ1n) is 8.41. The number of thiazole rings is 1. The van der Waals surface area contributed by atoms with Crippen molar-refractivity contribution >= 4 is 28.9 Å². The van der Waals surface area contributed by atoms with Crippen LogP contribution in [0.4, 0.5) is 0 Å². The summed E-state index contributed by atoms with van der Waals surface area (Å²) < 4.78 is 1.81. The Balaban J connectivity index is 2.02. The molecule has 1 saturated carbocycles. The van der Waals surface area contributed by atoms with E-state index in [-0.39, 0.29) is 5.92 Å². The molecule has 0 radical (unpaired) electrons. The van der Waals surface area contributed by atoms with Gasteiger partial charge in [-0.15, -0.1) is 11.3 Å². The summed E-state index contributed by atoms with van der Waals surface area (Å²) in [5, 5.41) is 16.3. The summed E-state index contributed by atoms with van der Waals surface area (Å²) in [7, 11) is 0. The molecule has 3 aromatic rings. The first-order valence-corrected chi connectivity index (χ1v) is 9.67. The lowest BCUT2D eigenvalue weighted by Crippen LogP contribution is -2.35. The Labute approximate surface area is 160 Å². The van der Waals surface area contributed by atoms with Crippen LogP contribution in [0, 0.1) is 12.8 Å². The van der Waals surface area contributed by atoms with Crippen molar-refractivity contribution in [1.82, 2.24) is 14.8 Å². The molecule has 0 saturated heterocycles. The molecule has 26 heavy (non-hydrogen) atoms. The highest BCUT2D eigenvalue weighted by atomic mass is 35.5. The van der Waals surface area contributed by atoms with E-state index < -0.39 is 11.4 Å². The fourth-order valence-corrected chi connectivity index (χ4v) is 4.35. The third-order valence-electron chi connectivity index (χ3n) is 5.16. The lowest BCUT2D eigenvalue weighted by atomic mass is 9.75. The lowest BCUT2D eigenvalue weighted by molar-refractivity contribution is -0.144. The maximum atomic E-state index is 12.3. The van der Waals surface area contributed by atoms with Crippen LogP contribution in [0.2, 0.25) is 5.02 Å². The summed E-state index contributed by atoms with van der Waals surface area (Å²) in [5.74, 6) is -0.675. The Morgan fingerprint density at radius 3 is 2.58 bits per heavy atom. The standard InChI is InChI=1S/C19H18ClN3O2S/c1-11-16(19(2,18(24)25)13-5-6-13)17(12-3-7-14(20)8-4-12)23(22-11)15-9-21-10-26-15/h3-4,7-10,13H,5-6H2,1-2H3,(H,24,25). The van der Waals surface area contributed by atoms with Crippen LogP contribution in [0.1, 0.15) is 31.0 Å². The number of rotatable bonds is 5. The monoisotopic (exact) mass is 387 g/mol. The van der Waals surface area contributed by atoms with Crippen molar-refractivity contribution in [1.29, 1.82) is 0 Å². The molecule has 1 aliphatic rings. The van der Waals surface area contributed by atoms with Crippen molar-refractivity contribution in [3.8, 4) is 16.3 Å². The molecule has 4 rings (SSSR count). The highest BCUT2D eigenvalue weighted by Gasteiger charge is 2.52. The minimum absolute atomic E-state index is 0.129. The first kappa shape index (κ1) is 17.2. The molecule has 1 N–H and O–H groups in total. The zero-order chi connectivity index (χ0) is 18.5. The van der Waals surface area contributed by atoms with Crippen molar-refractivity contribution in [2.75, 3.05) is 0 Å². The summed E-state index contributed by atoms with van der Waals surface area (Å²) >= 11 is 7.53. The van der Waals surface area contributed by atoms with Gasteiger partial charge in [-0.25, -0.2) is 4.68 Å². The van der Waals surface area contributed by atoms with Gasteiger partial charge in [0, 0.05) is 16.1 Å². The van der Waals surface area contributed by atoms with E-state index in [0.717, 1.165) is 40.4 Å². The van der Waals surface area contributed by atoms with Crippen LogP contribution in [-0.4, -0.2) is 25.8 Å². The predicted octanol–water partition coefficient (Wildman–Crippen LogP) is 4.71. The smallest absolute Gasteiger partial charge is 0.314 e. The molecule has 7 heteroatoms. The summed E-state index contributed by atoms with van der Waals surface area (Å²) in [6, 6.07) is 7.45. The van der Waals surface area contributed by atoms with Gasteiger partial charge in [-0.1, -0.05) is 23.7 Å². The molecule has 2 aromatic heterocycles. The number of benzene rings is 1. The Morgan fingerprint density at radius 2 is 2.04 bits per heavy atom. The van der Waals surface area contributed by atoms with Gasteiger partial charge in [0.15, 0.2) is 0 Å². The minimum atomic E-state index is -0.970. The summed E-state index contributed by atoms with van der Waals surface area (Å²) in [6.45, 7) is 3.71. The number of hydrogen-bond donors (Lipinski definition) is 1. The van der Waals surface area contributed by atoms with E-state index in [1.165, 1.54) is 11.3 Å². The number of carboxylic acid groups (broad SMARTS) is 1. The molecule has 2 heterocycles. The fraction of sp³-hybridized carbons (Fsp3) is 0.316. The largest absolute Gasteiger partial charge is 0.481 e. The number of hydrogen-bond acceptors (Lipinski definition) is 4. The van der Waals surface area contributed by atoms with Crippen molar-refractivity contribution < 1.29 is 9.90 Å². The molecule has 134 valence electrons. The molecular formula is C19H18ClN3O2S. The van der Waals surface area contributed by atoms with E-state index in [1.54, 1.807) is 11.7 Å². The maximum Gasteiger partial charge on any atom is 0.314 e. The van der Waals surface area contributed by atoms with E-state index in [4.69, 9.17) is 16.7 Å². The second kappa shape index (κ2) is 6.21. The van der Waals surface area contributed by atoms with Crippen molar-refractivity contribution in [2.24, 2.45) is 5.92 Å². The molecule has 1 fully saturated rings. The van der Waals surface area contributed by atoms with Crippen LogP contribution in [0.15, 0.2) is 36.0 Å². The second-order valence-electron chi connectivity index (χ2n) is 6.85. The molecule has 1 atom stereocenters. The Bertz CT molecular complexity index is 962. The van der Waals surface area contributed by atoms with E-state index in [2.05, 4.69) is 4.98 Å². The van der Waals surface area contributed by atoms with Gasteiger partial charge in [-0.05, 0) is 44.7 Å². The molecule has 5 nitrogen and oxygen atoms in total. The van der Waals surface area contributed by atoms with Gasteiger partial charge in [0.1, 0.15) is 5.00 Å². The van der Waals surface area contributed by atoms with Crippen LogP contribution >= 0.6 is 22.9 Å². The van der Waals surface area contributed by atoms with Gasteiger partial charge in [-0.3, -0.25) is 9.78 Å². The maximum absolute atomic E-state index is 12.3.